The molecule has 1 aliphatic rings. The van der Waals surface area contributed by atoms with Crippen LogP contribution in [0.1, 0.15) is 0 Å². The molecule has 1 heterocycles. The van der Waals surface area contributed by atoms with Crippen LogP contribution in [-0.2, 0) is 10.0 Å². The van der Waals surface area contributed by atoms with Crippen LogP contribution >= 0.6 is 12.2 Å². The summed E-state index contributed by atoms with van der Waals surface area (Å²) in [6.45, 7) is 1.75. The Morgan fingerprint density at radius 1 is 1.00 bits per heavy atom. The zero-order chi connectivity index (χ0) is 20.1. The van der Waals surface area contributed by atoms with E-state index in [-0.39, 0.29) is 0 Å². The van der Waals surface area contributed by atoms with E-state index in [1.165, 1.54) is 4.31 Å². The summed E-state index contributed by atoms with van der Waals surface area (Å²) < 4.78 is 37.6. The van der Waals surface area contributed by atoms with Gasteiger partial charge in [0.05, 0.1) is 24.8 Å². The first-order valence-corrected chi connectivity index (χ1v) is 10.6. The van der Waals surface area contributed by atoms with Crippen LogP contribution < -0.4 is 14.8 Å². The molecule has 0 atom stereocenters. The van der Waals surface area contributed by atoms with Crippen molar-refractivity contribution in [3.8, 4) is 11.5 Å². The van der Waals surface area contributed by atoms with Crippen molar-refractivity contribution in [1.82, 2.24) is 9.21 Å². The minimum Gasteiger partial charge on any atom is -0.497 e. The molecule has 2 aromatic carbocycles. The smallest absolute Gasteiger partial charge is 0.243 e. The van der Waals surface area contributed by atoms with E-state index >= 15 is 0 Å². The number of sulfonamides is 1. The van der Waals surface area contributed by atoms with Crippen molar-refractivity contribution in [2.24, 2.45) is 0 Å². The Hall–Kier alpha value is -2.36. The van der Waals surface area contributed by atoms with Crippen molar-refractivity contribution >= 4 is 33.0 Å². The first-order chi connectivity index (χ1) is 13.5. The predicted octanol–water partition coefficient (Wildman–Crippen LogP) is 2.41. The normalized spacial score (nSPS) is 15.1. The van der Waals surface area contributed by atoms with E-state index in [0.29, 0.717) is 53.4 Å². The summed E-state index contributed by atoms with van der Waals surface area (Å²) in [7, 11) is -0.303. The van der Waals surface area contributed by atoms with Crippen LogP contribution in [0.25, 0.3) is 0 Å². The van der Waals surface area contributed by atoms with Gasteiger partial charge in [0.2, 0.25) is 10.0 Å². The van der Waals surface area contributed by atoms with Gasteiger partial charge in [-0.1, -0.05) is 18.2 Å². The van der Waals surface area contributed by atoms with Crippen LogP contribution in [0.3, 0.4) is 0 Å². The molecule has 0 radical (unpaired) electrons. The SMILES string of the molecule is COc1ccc(OC)c(NC(=S)N2CCN(S(=O)(=O)c3ccccc3)CC2)c1. The van der Waals surface area contributed by atoms with Gasteiger partial charge in [0, 0.05) is 32.2 Å². The first kappa shape index (κ1) is 20.4. The molecule has 0 unspecified atom stereocenters. The number of nitrogens with one attached hydrogen (secondary N) is 1. The minimum atomic E-state index is -3.48. The third kappa shape index (κ3) is 4.37. The third-order valence-corrected chi connectivity index (χ3v) is 6.83. The zero-order valence-electron chi connectivity index (χ0n) is 15.8. The highest BCUT2D eigenvalue weighted by Gasteiger charge is 2.29. The molecule has 0 aliphatic carbocycles. The van der Waals surface area contributed by atoms with Crippen LogP contribution in [0.4, 0.5) is 5.69 Å². The van der Waals surface area contributed by atoms with Crippen molar-refractivity contribution in [3.63, 3.8) is 0 Å². The van der Waals surface area contributed by atoms with E-state index in [4.69, 9.17) is 21.7 Å². The Balaban J connectivity index is 1.65. The largest absolute Gasteiger partial charge is 0.497 e. The highest BCUT2D eigenvalue weighted by molar-refractivity contribution is 7.89. The molecule has 2 aromatic rings. The van der Waals surface area contributed by atoms with Gasteiger partial charge in [-0.2, -0.15) is 4.31 Å². The molecule has 1 N–H and O–H groups in total. The number of methoxy groups -OCH3 is 2. The van der Waals surface area contributed by atoms with Gasteiger partial charge in [0.1, 0.15) is 11.5 Å². The molecule has 3 rings (SSSR count). The first-order valence-electron chi connectivity index (χ1n) is 8.79. The highest BCUT2D eigenvalue weighted by atomic mass is 32.2. The molecule has 1 fully saturated rings. The summed E-state index contributed by atoms with van der Waals surface area (Å²) in [5.74, 6) is 1.33. The molecule has 1 saturated heterocycles. The second kappa shape index (κ2) is 8.76. The lowest BCUT2D eigenvalue weighted by atomic mass is 10.2. The van der Waals surface area contributed by atoms with E-state index in [2.05, 4.69) is 5.32 Å². The van der Waals surface area contributed by atoms with Gasteiger partial charge < -0.3 is 19.7 Å². The molecule has 0 spiro atoms. The molecular formula is C19H23N3O4S2. The van der Waals surface area contributed by atoms with Crippen molar-refractivity contribution in [2.45, 2.75) is 4.90 Å². The van der Waals surface area contributed by atoms with Gasteiger partial charge in [0.25, 0.3) is 0 Å². The van der Waals surface area contributed by atoms with Gasteiger partial charge in [-0.05, 0) is 36.5 Å². The fourth-order valence-corrected chi connectivity index (χ4v) is 4.71. The number of piperazine rings is 1. The maximum atomic E-state index is 12.7. The number of hydrogen-bond acceptors (Lipinski definition) is 5. The summed E-state index contributed by atoms with van der Waals surface area (Å²) in [6.07, 6.45) is 0. The molecule has 1 aliphatic heterocycles. The maximum Gasteiger partial charge on any atom is 0.243 e. The van der Waals surface area contributed by atoms with Crippen LogP contribution in [0.15, 0.2) is 53.4 Å². The number of rotatable bonds is 5. The van der Waals surface area contributed by atoms with E-state index in [1.807, 2.05) is 4.90 Å². The quantitative estimate of drug-likeness (QED) is 0.744. The second-order valence-corrected chi connectivity index (χ2v) is 8.53. The molecule has 28 heavy (non-hydrogen) atoms. The molecule has 0 amide bonds. The monoisotopic (exact) mass is 421 g/mol. The maximum absolute atomic E-state index is 12.7. The van der Waals surface area contributed by atoms with Crippen molar-refractivity contribution in [2.75, 3.05) is 45.7 Å². The Kier molecular flexibility index (Phi) is 6.38. The van der Waals surface area contributed by atoms with E-state index in [1.54, 1.807) is 62.8 Å². The number of ether oxygens (including phenoxy) is 2. The average molecular weight is 422 g/mol. The molecule has 0 saturated carbocycles. The average Bonchev–Trinajstić information content (AvgIpc) is 2.74. The highest BCUT2D eigenvalue weighted by Crippen LogP contribution is 2.29. The summed E-state index contributed by atoms with van der Waals surface area (Å²) in [5, 5.41) is 3.69. The van der Waals surface area contributed by atoms with Gasteiger partial charge >= 0.3 is 0 Å². The van der Waals surface area contributed by atoms with Crippen LogP contribution in [0.5, 0.6) is 11.5 Å². The third-order valence-electron chi connectivity index (χ3n) is 4.56. The molecule has 9 heteroatoms. The van der Waals surface area contributed by atoms with Crippen LogP contribution in [0.2, 0.25) is 0 Å². The number of benzene rings is 2. The van der Waals surface area contributed by atoms with Crippen LogP contribution in [-0.4, -0.2) is 63.1 Å². The van der Waals surface area contributed by atoms with E-state index in [0.717, 1.165) is 0 Å². The van der Waals surface area contributed by atoms with Gasteiger partial charge in [-0.25, -0.2) is 8.42 Å². The van der Waals surface area contributed by atoms with Crippen molar-refractivity contribution < 1.29 is 17.9 Å². The zero-order valence-corrected chi connectivity index (χ0v) is 17.4. The summed E-state index contributed by atoms with van der Waals surface area (Å²) in [6, 6.07) is 13.9. The fraction of sp³-hybridized carbons (Fsp3) is 0.316. The molecule has 0 bridgehead atoms. The number of nitrogens with zero attached hydrogens (tertiary/aromatic N) is 2. The van der Waals surface area contributed by atoms with Crippen LogP contribution in [0, 0.1) is 0 Å². The molecule has 150 valence electrons. The summed E-state index contributed by atoms with van der Waals surface area (Å²) in [4.78, 5) is 2.26. The summed E-state index contributed by atoms with van der Waals surface area (Å²) >= 11 is 5.52. The Bertz CT molecular complexity index is 927. The lowest BCUT2D eigenvalue weighted by Crippen LogP contribution is -2.51. The predicted molar refractivity (Wildman–Crippen MR) is 113 cm³/mol. The standard InChI is InChI=1S/C19H23N3O4S2/c1-25-15-8-9-18(26-2)17(14-15)20-19(27)21-10-12-22(13-11-21)28(23,24)16-6-4-3-5-7-16/h3-9,14H,10-13H2,1-2H3,(H,20,27). The Labute approximate surface area is 170 Å². The number of hydrogen-bond donors (Lipinski definition) is 1. The van der Waals surface area contributed by atoms with Crippen molar-refractivity contribution in [3.05, 3.63) is 48.5 Å². The Morgan fingerprint density at radius 2 is 1.68 bits per heavy atom. The lowest BCUT2D eigenvalue weighted by molar-refractivity contribution is 0.268. The van der Waals surface area contributed by atoms with Gasteiger partial charge in [0.15, 0.2) is 5.11 Å². The summed E-state index contributed by atoms with van der Waals surface area (Å²) in [5.41, 5.74) is 0.700. The number of thiocarbonyl (C=S) groups is 1. The minimum absolute atomic E-state index is 0.310. The van der Waals surface area contributed by atoms with E-state index < -0.39 is 10.0 Å². The van der Waals surface area contributed by atoms with E-state index in [9.17, 15) is 8.42 Å². The second-order valence-electron chi connectivity index (χ2n) is 6.20. The topological polar surface area (TPSA) is 71.1 Å². The molecule has 0 aromatic heterocycles. The van der Waals surface area contributed by atoms with Gasteiger partial charge in [-0.3, -0.25) is 0 Å². The lowest BCUT2D eigenvalue weighted by Gasteiger charge is -2.35. The van der Waals surface area contributed by atoms with Crippen molar-refractivity contribution in [1.29, 1.82) is 0 Å². The molecule has 7 nitrogen and oxygen atoms in total. The Morgan fingerprint density at radius 3 is 2.29 bits per heavy atom. The fourth-order valence-electron chi connectivity index (χ4n) is 2.98. The van der Waals surface area contributed by atoms with Gasteiger partial charge in [-0.15, -0.1) is 0 Å². The molecular weight excluding hydrogens is 398 g/mol. The number of anilines is 1.